The number of amides is 1. The average Bonchev–Trinajstić information content (AvgIpc) is 3.15. The molecule has 3 rings (SSSR count). The van der Waals surface area contributed by atoms with Crippen molar-refractivity contribution in [2.24, 2.45) is 5.92 Å². The largest absolute Gasteiger partial charge is 0.480 e. The zero-order valence-electron chi connectivity index (χ0n) is 19.1. The number of aromatic amines is 1. The van der Waals surface area contributed by atoms with Crippen LogP contribution in [-0.2, 0) is 25.1 Å². The third kappa shape index (κ3) is 7.40. The summed E-state index contributed by atoms with van der Waals surface area (Å²) >= 11 is 0. The number of H-pyrrole nitrogens is 1. The number of fused-ring (bicyclic) bond motifs is 1. The molecule has 1 unspecified atom stereocenters. The SMILES string of the molecule is CC(C)C[C@H](NP(=O)(O)OC1CCCCC1)C(=O)N[C@@H](Cc1c[nH]c2ccccc12)C(=O)O. The Kier molecular flexibility index (Phi) is 8.70. The number of nitrogens with one attached hydrogen (secondary N) is 3. The fourth-order valence-electron chi connectivity index (χ4n) is 4.28. The van der Waals surface area contributed by atoms with Gasteiger partial charge in [0, 0.05) is 23.5 Å². The van der Waals surface area contributed by atoms with Gasteiger partial charge < -0.3 is 20.3 Å². The van der Waals surface area contributed by atoms with Gasteiger partial charge in [0.15, 0.2) is 0 Å². The van der Waals surface area contributed by atoms with Crippen LogP contribution in [0.15, 0.2) is 30.5 Å². The maximum absolute atomic E-state index is 13.0. The summed E-state index contributed by atoms with van der Waals surface area (Å²) in [6, 6.07) is 5.27. The van der Waals surface area contributed by atoms with Gasteiger partial charge in [0.25, 0.3) is 0 Å². The molecule has 3 atom stereocenters. The number of carboxylic acid groups (broad SMARTS) is 1. The van der Waals surface area contributed by atoms with E-state index >= 15 is 0 Å². The number of hydrogen-bond acceptors (Lipinski definition) is 4. The van der Waals surface area contributed by atoms with Gasteiger partial charge in [0.2, 0.25) is 5.91 Å². The van der Waals surface area contributed by atoms with Crippen molar-refractivity contribution in [3.05, 3.63) is 36.0 Å². The summed E-state index contributed by atoms with van der Waals surface area (Å²) < 4.78 is 18.1. The fraction of sp³-hybridized carbons (Fsp3) is 0.565. The minimum absolute atomic E-state index is 0.0276. The van der Waals surface area contributed by atoms with E-state index in [2.05, 4.69) is 15.4 Å². The maximum Gasteiger partial charge on any atom is 0.403 e. The van der Waals surface area contributed by atoms with E-state index in [1.54, 1.807) is 6.20 Å². The first kappa shape index (κ1) is 25.4. The van der Waals surface area contributed by atoms with E-state index in [0.29, 0.717) is 12.8 Å². The van der Waals surface area contributed by atoms with Gasteiger partial charge >= 0.3 is 13.7 Å². The molecule has 1 amide bonds. The van der Waals surface area contributed by atoms with Crippen LogP contribution >= 0.6 is 7.75 Å². The number of carbonyl (C=O) groups excluding carboxylic acids is 1. The summed E-state index contributed by atoms with van der Waals surface area (Å²) in [5, 5.41) is 15.6. The lowest BCUT2D eigenvalue weighted by atomic mass is 9.98. The van der Waals surface area contributed by atoms with E-state index in [1.165, 1.54) is 0 Å². The Labute approximate surface area is 193 Å². The minimum Gasteiger partial charge on any atom is -0.480 e. The summed E-state index contributed by atoms with van der Waals surface area (Å²) in [5.41, 5.74) is 1.64. The highest BCUT2D eigenvalue weighted by Gasteiger charge is 2.34. The molecule has 2 aromatic rings. The van der Waals surface area contributed by atoms with E-state index < -0.39 is 31.7 Å². The van der Waals surface area contributed by atoms with E-state index in [0.717, 1.165) is 35.7 Å². The van der Waals surface area contributed by atoms with Gasteiger partial charge in [-0.1, -0.05) is 51.3 Å². The van der Waals surface area contributed by atoms with Crippen LogP contribution < -0.4 is 10.4 Å². The summed E-state index contributed by atoms with van der Waals surface area (Å²) in [6.07, 6.45) is 6.11. The van der Waals surface area contributed by atoms with Crippen LogP contribution in [0.1, 0.15) is 57.9 Å². The zero-order chi connectivity index (χ0) is 24.0. The van der Waals surface area contributed by atoms with Gasteiger partial charge in [-0.05, 0) is 36.8 Å². The van der Waals surface area contributed by atoms with Crippen LogP contribution in [0.4, 0.5) is 0 Å². The van der Waals surface area contributed by atoms with Crippen molar-refractivity contribution >= 4 is 30.5 Å². The molecule has 5 N–H and O–H groups in total. The standard InChI is InChI=1S/C23H34N3O6P/c1-15(2)12-20(26-33(30,31)32-17-8-4-3-5-9-17)22(27)25-21(23(28)29)13-16-14-24-19-11-7-6-10-18(16)19/h6-7,10-11,14-15,17,20-21,24H,3-5,8-9,12-13H2,1-2H3,(H,25,27)(H,28,29)(H2,26,30,31)/t20-,21-/m0/s1. The van der Waals surface area contributed by atoms with Crippen LogP contribution in [0.3, 0.4) is 0 Å². The van der Waals surface area contributed by atoms with Gasteiger partial charge in [-0.15, -0.1) is 0 Å². The zero-order valence-corrected chi connectivity index (χ0v) is 20.0. The molecule has 182 valence electrons. The molecule has 1 fully saturated rings. The molecule has 33 heavy (non-hydrogen) atoms. The van der Waals surface area contributed by atoms with Crippen molar-refractivity contribution in [2.75, 3.05) is 0 Å². The van der Waals surface area contributed by atoms with E-state index in [9.17, 15) is 24.2 Å². The predicted octanol–water partition coefficient (Wildman–Crippen LogP) is 3.73. The van der Waals surface area contributed by atoms with Gasteiger partial charge in [-0.3, -0.25) is 9.32 Å². The third-order valence-electron chi connectivity index (χ3n) is 5.90. The predicted molar refractivity (Wildman–Crippen MR) is 126 cm³/mol. The maximum atomic E-state index is 13.0. The third-order valence-corrected chi connectivity index (χ3v) is 7.12. The summed E-state index contributed by atoms with van der Waals surface area (Å²) in [7, 11) is -4.25. The first-order valence-corrected chi connectivity index (χ1v) is 13.1. The first-order chi connectivity index (χ1) is 15.6. The van der Waals surface area contributed by atoms with Gasteiger partial charge in [-0.25, -0.2) is 14.4 Å². The Morgan fingerprint density at radius 1 is 1.18 bits per heavy atom. The number of aliphatic carboxylic acids is 1. The molecule has 10 heteroatoms. The average molecular weight is 480 g/mol. The van der Waals surface area contributed by atoms with Gasteiger partial charge in [-0.2, -0.15) is 0 Å². The minimum atomic E-state index is -4.25. The fourth-order valence-corrected chi connectivity index (χ4v) is 5.57. The molecular formula is C23H34N3O6P. The Bertz CT molecular complexity index is 1000. The van der Waals surface area contributed by atoms with Crippen molar-refractivity contribution in [1.82, 2.24) is 15.4 Å². The summed E-state index contributed by atoms with van der Waals surface area (Å²) in [5.74, 6) is -1.79. The van der Waals surface area contributed by atoms with Crippen molar-refractivity contribution in [3.63, 3.8) is 0 Å². The van der Waals surface area contributed by atoms with Crippen LogP contribution in [0.2, 0.25) is 0 Å². The lowest BCUT2D eigenvalue weighted by molar-refractivity contribution is -0.142. The summed E-state index contributed by atoms with van der Waals surface area (Å²) in [4.78, 5) is 38.4. The number of carboxylic acids is 1. The highest BCUT2D eigenvalue weighted by atomic mass is 31.2. The highest BCUT2D eigenvalue weighted by molar-refractivity contribution is 7.50. The second kappa shape index (κ2) is 11.3. The Morgan fingerprint density at radius 3 is 2.55 bits per heavy atom. The van der Waals surface area contributed by atoms with Crippen molar-refractivity contribution < 1.29 is 28.7 Å². The lowest BCUT2D eigenvalue weighted by Crippen LogP contribution is -2.50. The van der Waals surface area contributed by atoms with Crippen molar-refractivity contribution in [3.8, 4) is 0 Å². The highest BCUT2D eigenvalue weighted by Crippen LogP contribution is 2.42. The Morgan fingerprint density at radius 2 is 1.88 bits per heavy atom. The molecule has 0 aliphatic heterocycles. The van der Waals surface area contributed by atoms with Crippen LogP contribution in [0.25, 0.3) is 10.9 Å². The van der Waals surface area contributed by atoms with Crippen LogP contribution in [-0.4, -0.2) is 45.0 Å². The van der Waals surface area contributed by atoms with E-state index in [-0.39, 0.29) is 24.9 Å². The molecule has 9 nitrogen and oxygen atoms in total. The van der Waals surface area contributed by atoms with E-state index in [4.69, 9.17) is 4.52 Å². The molecule has 1 aliphatic carbocycles. The normalized spacial score (nSPS) is 18.7. The number of benzene rings is 1. The molecule has 0 bridgehead atoms. The Balaban J connectivity index is 1.69. The smallest absolute Gasteiger partial charge is 0.403 e. The molecule has 1 aliphatic rings. The second-order valence-corrected chi connectivity index (χ2v) is 10.7. The second-order valence-electron chi connectivity index (χ2n) is 9.16. The van der Waals surface area contributed by atoms with Gasteiger partial charge in [0.05, 0.1) is 12.1 Å². The van der Waals surface area contributed by atoms with Gasteiger partial charge in [0.1, 0.15) is 6.04 Å². The number of hydrogen-bond donors (Lipinski definition) is 5. The number of carbonyl (C=O) groups is 2. The number of para-hydroxylation sites is 1. The lowest BCUT2D eigenvalue weighted by Gasteiger charge is -2.28. The molecular weight excluding hydrogens is 445 g/mol. The van der Waals surface area contributed by atoms with E-state index in [1.807, 2.05) is 38.1 Å². The number of rotatable bonds is 11. The molecule has 1 aromatic heterocycles. The topological polar surface area (TPSA) is 141 Å². The molecule has 1 saturated carbocycles. The molecule has 0 saturated heterocycles. The quantitative estimate of drug-likeness (QED) is 0.309. The summed E-state index contributed by atoms with van der Waals surface area (Å²) in [6.45, 7) is 3.76. The Hall–Kier alpha value is -2.19. The van der Waals surface area contributed by atoms with Crippen LogP contribution in [0, 0.1) is 5.92 Å². The van der Waals surface area contributed by atoms with Crippen LogP contribution in [0.5, 0.6) is 0 Å². The molecule has 1 aromatic carbocycles. The molecule has 0 radical (unpaired) electrons. The first-order valence-electron chi connectivity index (χ1n) is 11.5. The number of aromatic nitrogens is 1. The molecule has 1 heterocycles. The molecule has 0 spiro atoms. The van der Waals surface area contributed by atoms with Crippen molar-refractivity contribution in [1.29, 1.82) is 0 Å². The van der Waals surface area contributed by atoms with Crippen molar-refractivity contribution in [2.45, 2.75) is 77.0 Å². The monoisotopic (exact) mass is 479 g/mol.